The van der Waals surface area contributed by atoms with E-state index in [2.05, 4.69) is 18.7 Å². The van der Waals surface area contributed by atoms with Crippen LogP contribution in [-0.2, 0) is 4.79 Å². The molecule has 0 radical (unpaired) electrons. The fourth-order valence-corrected chi connectivity index (χ4v) is 5.42. The zero-order valence-electron chi connectivity index (χ0n) is 22.3. The molecule has 1 rings (SSSR count). The topological polar surface area (TPSA) is 20.3 Å². The summed E-state index contributed by atoms with van der Waals surface area (Å²) >= 11 is 0. The van der Waals surface area contributed by atoms with Gasteiger partial charge in [0.1, 0.15) is 0 Å². The molecule has 190 valence electrons. The number of likely N-dealkylation sites (tertiary alicyclic amines) is 1. The molecule has 0 aliphatic carbocycles. The predicted molar refractivity (Wildman–Crippen MR) is 142 cm³/mol. The molecule has 1 heterocycles. The summed E-state index contributed by atoms with van der Waals surface area (Å²) in [5.41, 5.74) is 0. The highest BCUT2D eigenvalue weighted by molar-refractivity contribution is 5.78. The maximum atomic E-state index is 12.3. The van der Waals surface area contributed by atoms with E-state index in [0.717, 1.165) is 19.4 Å². The van der Waals surface area contributed by atoms with Crippen LogP contribution in [0.4, 0.5) is 0 Å². The van der Waals surface area contributed by atoms with Gasteiger partial charge in [-0.25, -0.2) is 0 Å². The molecular weight excluding hydrogens is 390 g/mol. The lowest BCUT2D eigenvalue weighted by Crippen LogP contribution is -2.36. The Kier molecular flexibility index (Phi) is 20.5. The van der Waals surface area contributed by atoms with Crippen molar-refractivity contribution in [2.45, 2.75) is 180 Å². The molecule has 1 atom stereocenters. The summed E-state index contributed by atoms with van der Waals surface area (Å²) in [6.07, 6.45) is 33.8. The van der Waals surface area contributed by atoms with Gasteiger partial charge in [-0.05, 0) is 19.3 Å². The first-order chi connectivity index (χ1) is 15.8. The van der Waals surface area contributed by atoms with Crippen molar-refractivity contribution in [3.63, 3.8) is 0 Å². The fourth-order valence-electron chi connectivity index (χ4n) is 5.42. The van der Waals surface area contributed by atoms with Gasteiger partial charge in [0, 0.05) is 19.0 Å². The standard InChI is InChI=1S/C30H59NO/c1-3-5-7-9-11-13-15-17-19-21-23-26-29(31-28-24-27-30(31)32)25-22-20-18-16-14-12-10-8-6-4-2/h29H,3-28H2,1-2H3. The SMILES string of the molecule is CCCCCCCCCCCCCC(CCCCCCCCCCCC)N1CCCC1=O. The van der Waals surface area contributed by atoms with Crippen LogP contribution in [0.5, 0.6) is 0 Å². The minimum atomic E-state index is 0.435. The quantitative estimate of drug-likeness (QED) is 0.134. The van der Waals surface area contributed by atoms with Crippen molar-refractivity contribution >= 4 is 5.91 Å². The fraction of sp³-hybridized carbons (Fsp3) is 0.967. The summed E-state index contributed by atoms with van der Waals surface area (Å²) in [5.74, 6) is 0.435. The second-order valence-electron chi connectivity index (χ2n) is 10.6. The average molecular weight is 450 g/mol. The highest BCUT2D eigenvalue weighted by atomic mass is 16.2. The summed E-state index contributed by atoms with van der Waals surface area (Å²) in [6.45, 7) is 5.61. The normalized spacial score (nSPS) is 15.1. The van der Waals surface area contributed by atoms with Gasteiger partial charge < -0.3 is 4.90 Å². The van der Waals surface area contributed by atoms with E-state index in [9.17, 15) is 4.79 Å². The van der Waals surface area contributed by atoms with E-state index >= 15 is 0 Å². The molecule has 0 aromatic heterocycles. The number of hydrogen-bond acceptors (Lipinski definition) is 1. The molecule has 0 N–H and O–H groups in total. The van der Waals surface area contributed by atoms with Gasteiger partial charge in [0.2, 0.25) is 5.91 Å². The third kappa shape index (κ3) is 16.1. The molecule has 2 heteroatoms. The van der Waals surface area contributed by atoms with Crippen LogP contribution in [0.1, 0.15) is 174 Å². The monoisotopic (exact) mass is 449 g/mol. The summed E-state index contributed by atoms with van der Waals surface area (Å²) in [6, 6.07) is 0.539. The van der Waals surface area contributed by atoms with Crippen molar-refractivity contribution in [3.05, 3.63) is 0 Å². The molecule has 0 aromatic rings. The van der Waals surface area contributed by atoms with Gasteiger partial charge >= 0.3 is 0 Å². The third-order valence-corrected chi connectivity index (χ3v) is 7.58. The van der Waals surface area contributed by atoms with Crippen LogP contribution in [0.3, 0.4) is 0 Å². The number of amides is 1. The largest absolute Gasteiger partial charge is 0.340 e. The Morgan fingerprint density at radius 2 is 0.906 bits per heavy atom. The van der Waals surface area contributed by atoms with Gasteiger partial charge in [-0.2, -0.15) is 0 Å². The van der Waals surface area contributed by atoms with Gasteiger partial charge in [0.25, 0.3) is 0 Å². The highest BCUT2D eigenvalue weighted by Gasteiger charge is 2.27. The van der Waals surface area contributed by atoms with E-state index in [-0.39, 0.29) is 0 Å². The van der Waals surface area contributed by atoms with E-state index in [1.807, 2.05) is 0 Å². The highest BCUT2D eigenvalue weighted by Crippen LogP contribution is 2.23. The lowest BCUT2D eigenvalue weighted by atomic mass is 9.98. The van der Waals surface area contributed by atoms with E-state index in [1.54, 1.807) is 0 Å². The molecule has 2 nitrogen and oxygen atoms in total. The molecule has 1 aliphatic rings. The van der Waals surface area contributed by atoms with E-state index in [1.165, 1.54) is 148 Å². The second kappa shape index (κ2) is 22.3. The second-order valence-corrected chi connectivity index (χ2v) is 10.6. The Bertz CT molecular complexity index is 408. The number of nitrogens with zero attached hydrogens (tertiary/aromatic N) is 1. The number of carbonyl (C=O) groups excluding carboxylic acids is 1. The van der Waals surface area contributed by atoms with Crippen molar-refractivity contribution in [1.82, 2.24) is 4.90 Å². The third-order valence-electron chi connectivity index (χ3n) is 7.58. The van der Waals surface area contributed by atoms with E-state index in [4.69, 9.17) is 0 Å². The van der Waals surface area contributed by atoms with Crippen molar-refractivity contribution in [2.24, 2.45) is 0 Å². The Balaban J connectivity index is 2.06. The molecule has 1 fully saturated rings. The molecular formula is C30H59NO. The lowest BCUT2D eigenvalue weighted by Gasteiger charge is -2.28. The molecule has 0 spiro atoms. The molecule has 0 bridgehead atoms. The molecule has 1 aliphatic heterocycles. The Morgan fingerprint density at radius 1 is 0.562 bits per heavy atom. The first-order valence-corrected chi connectivity index (χ1v) is 15.1. The molecule has 1 saturated heterocycles. The van der Waals surface area contributed by atoms with Gasteiger partial charge in [-0.15, -0.1) is 0 Å². The van der Waals surface area contributed by atoms with Crippen molar-refractivity contribution in [3.8, 4) is 0 Å². The summed E-state index contributed by atoms with van der Waals surface area (Å²) in [7, 11) is 0. The Morgan fingerprint density at radius 3 is 1.22 bits per heavy atom. The number of rotatable bonds is 24. The maximum Gasteiger partial charge on any atom is 0.222 e. The van der Waals surface area contributed by atoms with Crippen molar-refractivity contribution in [1.29, 1.82) is 0 Å². The van der Waals surface area contributed by atoms with Crippen LogP contribution >= 0.6 is 0 Å². The van der Waals surface area contributed by atoms with Gasteiger partial charge in [-0.1, -0.05) is 149 Å². The molecule has 1 unspecified atom stereocenters. The van der Waals surface area contributed by atoms with E-state index in [0.29, 0.717) is 11.9 Å². The van der Waals surface area contributed by atoms with Crippen LogP contribution in [0.15, 0.2) is 0 Å². The molecule has 0 aromatic carbocycles. The summed E-state index contributed by atoms with van der Waals surface area (Å²) < 4.78 is 0. The Labute approximate surface area is 202 Å². The first kappa shape index (κ1) is 29.5. The van der Waals surface area contributed by atoms with Gasteiger partial charge in [0.05, 0.1) is 0 Å². The maximum absolute atomic E-state index is 12.3. The molecule has 1 amide bonds. The van der Waals surface area contributed by atoms with Crippen LogP contribution in [0.2, 0.25) is 0 Å². The van der Waals surface area contributed by atoms with Gasteiger partial charge in [0.15, 0.2) is 0 Å². The molecule has 0 saturated carbocycles. The Hall–Kier alpha value is -0.530. The zero-order chi connectivity index (χ0) is 23.1. The zero-order valence-corrected chi connectivity index (χ0v) is 22.3. The van der Waals surface area contributed by atoms with Crippen LogP contribution in [0, 0.1) is 0 Å². The summed E-state index contributed by atoms with van der Waals surface area (Å²) in [5, 5.41) is 0. The lowest BCUT2D eigenvalue weighted by molar-refractivity contribution is -0.130. The molecule has 32 heavy (non-hydrogen) atoms. The minimum Gasteiger partial charge on any atom is -0.340 e. The minimum absolute atomic E-state index is 0.435. The number of hydrogen-bond donors (Lipinski definition) is 0. The first-order valence-electron chi connectivity index (χ1n) is 15.1. The van der Waals surface area contributed by atoms with Crippen molar-refractivity contribution in [2.75, 3.05) is 6.54 Å². The van der Waals surface area contributed by atoms with Crippen LogP contribution in [0.25, 0.3) is 0 Å². The number of carbonyl (C=O) groups is 1. The van der Waals surface area contributed by atoms with E-state index < -0.39 is 0 Å². The van der Waals surface area contributed by atoms with Gasteiger partial charge in [-0.3, -0.25) is 4.79 Å². The van der Waals surface area contributed by atoms with Crippen LogP contribution < -0.4 is 0 Å². The van der Waals surface area contributed by atoms with Crippen molar-refractivity contribution < 1.29 is 4.79 Å². The number of unbranched alkanes of at least 4 members (excludes halogenated alkanes) is 19. The summed E-state index contributed by atoms with van der Waals surface area (Å²) in [4.78, 5) is 14.6. The average Bonchev–Trinajstić information content (AvgIpc) is 3.23. The predicted octanol–water partition coefficient (Wildman–Crippen LogP) is 9.99. The smallest absolute Gasteiger partial charge is 0.222 e. The van der Waals surface area contributed by atoms with Crippen LogP contribution in [-0.4, -0.2) is 23.4 Å².